The van der Waals surface area contributed by atoms with Crippen LogP contribution in [0.1, 0.15) is 6.42 Å². The van der Waals surface area contributed by atoms with Crippen LogP contribution in [0.25, 0.3) is 0 Å². The van der Waals surface area contributed by atoms with E-state index in [-0.39, 0.29) is 12.2 Å². The highest BCUT2D eigenvalue weighted by molar-refractivity contribution is 7.88. The standard InChI is InChI=1S/C6H15N3O2S/c1-9-4-3-5(7)6(9)8-12(2,10)11/h5-6,8H,3-4,7H2,1-2H3. The smallest absolute Gasteiger partial charge is 0.210 e. The van der Waals surface area contributed by atoms with E-state index in [0.717, 1.165) is 19.2 Å². The Morgan fingerprint density at radius 3 is 2.50 bits per heavy atom. The van der Waals surface area contributed by atoms with Crippen molar-refractivity contribution in [3.05, 3.63) is 0 Å². The highest BCUT2D eigenvalue weighted by Crippen LogP contribution is 2.11. The summed E-state index contributed by atoms with van der Waals surface area (Å²) in [4.78, 5) is 1.91. The molecule has 0 saturated carbocycles. The average molecular weight is 193 g/mol. The number of likely N-dealkylation sites (N-methyl/N-ethyl adjacent to an activating group) is 1. The number of nitrogens with zero attached hydrogens (tertiary/aromatic N) is 1. The number of rotatable bonds is 2. The molecule has 1 aliphatic rings. The predicted molar refractivity (Wildman–Crippen MR) is 47.0 cm³/mol. The van der Waals surface area contributed by atoms with Gasteiger partial charge in [0.05, 0.1) is 12.4 Å². The number of nitrogens with one attached hydrogen (secondary N) is 1. The van der Waals surface area contributed by atoms with Gasteiger partial charge in [-0.1, -0.05) is 0 Å². The molecule has 3 N–H and O–H groups in total. The lowest BCUT2D eigenvalue weighted by atomic mass is 10.2. The summed E-state index contributed by atoms with van der Waals surface area (Å²) in [5.41, 5.74) is 5.71. The predicted octanol–water partition coefficient (Wildman–Crippen LogP) is -1.48. The lowest BCUT2D eigenvalue weighted by Gasteiger charge is -2.22. The summed E-state index contributed by atoms with van der Waals surface area (Å²) in [5.74, 6) is 0. The molecular weight excluding hydrogens is 178 g/mol. The SMILES string of the molecule is CN1CCC(N)C1NS(C)(=O)=O. The van der Waals surface area contributed by atoms with Gasteiger partial charge < -0.3 is 5.73 Å². The van der Waals surface area contributed by atoms with Crippen molar-refractivity contribution in [2.24, 2.45) is 5.73 Å². The van der Waals surface area contributed by atoms with Crippen LogP contribution < -0.4 is 10.5 Å². The molecule has 0 aromatic heterocycles. The second-order valence-corrected chi connectivity index (χ2v) is 5.05. The van der Waals surface area contributed by atoms with Gasteiger partial charge in [-0.25, -0.2) is 8.42 Å². The molecule has 2 atom stereocenters. The molecule has 72 valence electrons. The second-order valence-electron chi connectivity index (χ2n) is 3.27. The Hall–Kier alpha value is -0.170. The van der Waals surface area contributed by atoms with Crippen molar-refractivity contribution < 1.29 is 8.42 Å². The zero-order chi connectivity index (χ0) is 9.35. The molecular formula is C6H15N3O2S. The maximum absolute atomic E-state index is 10.9. The first-order valence-corrected chi connectivity index (χ1v) is 5.72. The van der Waals surface area contributed by atoms with Crippen LogP contribution in [0.5, 0.6) is 0 Å². The van der Waals surface area contributed by atoms with E-state index < -0.39 is 10.0 Å². The zero-order valence-corrected chi connectivity index (χ0v) is 8.13. The molecule has 0 amide bonds. The highest BCUT2D eigenvalue weighted by atomic mass is 32.2. The molecule has 6 heteroatoms. The maximum atomic E-state index is 10.9. The van der Waals surface area contributed by atoms with Crippen LogP contribution >= 0.6 is 0 Å². The minimum atomic E-state index is -3.15. The monoisotopic (exact) mass is 193 g/mol. The lowest BCUT2D eigenvalue weighted by Crippen LogP contribution is -2.50. The van der Waals surface area contributed by atoms with Gasteiger partial charge in [0, 0.05) is 12.6 Å². The third kappa shape index (κ3) is 2.41. The van der Waals surface area contributed by atoms with Gasteiger partial charge in [-0.05, 0) is 13.5 Å². The molecule has 0 bridgehead atoms. The molecule has 12 heavy (non-hydrogen) atoms. The fraction of sp³-hybridized carbons (Fsp3) is 1.00. The molecule has 0 radical (unpaired) electrons. The van der Waals surface area contributed by atoms with Gasteiger partial charge >= 0.3 is 0 Å². The van der Waals surface area contributed by atoms with E-state index >= 15 is 0 Å². The summed E-state index contributed by atoms with van der Waals surface area (Å²) < 4.78 is 24.3. The molecule has 0 aliphatic carbocycles. The van der Waals surface area contributed by atoms with Gasteiger partial charge in [0.15, 0.2) is 0 Å². The van der Waals surface area contributed by atoms with Gasteiger partial charge in [0.2, 0.25) is 10.0 Å². The van der Waals surface area contributed by atoms with Gasteiger partial charge in [0.25, 0.3) is 0 Å². The Balaban J connectivity index is 2.62. The number of hydrogen-bond acceptors (Lipinski definition) is 4. The van der Waals surface area contributed by atoms with E-state index in [0.29, 0.717) is 0 Å². The van der Waals surface area contributed by atoms with E-state index in [9.17, 15) is 8.42 Å². The fourth-order valence-corrected chi connectivity index (χ4v) is 2.17. The second kappa shape index (κ2) is 3.29. The molecule has 0 aromatic rings. The molecule has 1 saturated heterocycles. The molecule has 1 heterocycles. The van der Waals surface area contributed by atoms with Crippen molar-refractivity contribution in [3.63, 3.8) is 0 Å². The summed E-state index contributed by atoms with van der Waals surface area (Å²) >= 11 is 0. The first-order chi connectivity index (χ1) is 5.40. The lowest BCUT2D eigenvalue weighted by molar-refractivity contribution is 0.283. The van der Waals surface area contributed by atoms with Crippen LogP contribution in [0.15, 0.2) is 0 Å². The Bertz CT molecular complexity index is 242. The third-order valence-electron chi connectivity index (χ3n) is 2.03. The van der Waals surface area contributed by atoms with Crippen LogP contribution in [0, 0.1) is 0 Å². The van der Waals surface area contributed by atoms with Gasteiger partial charge in [-0.15, -0.1) is 0 Å². The Morgan fingerprint density at radius 2 is 2.17 bits per heavy atom. The van der Waals surface area contributed by atoms with Crippen LogP contribution in [0.4, 0.5) is 0 Å². The Kier molecular flexibility index (Phi) is 2.72. The van der Waals surface area contributed by atoms with Crippen LogP contribution in [-0.2, 0) is 10.0 Å². The molecule has 5 nitrogen and oxygen atoms in total. The van der Waals surface area contributed by atoms with E-state index in [1.807, 2.05) is 11.9 Å². The molecule has 1 fully saturated rings. The third-order valence-corrected chi connectivity index (χ3v) is 2.70. The summed E-state index contributed by atoms with van der Waals surface area (Å²) in [6.07, 6.45) is 1.75. The first kappa shape index (κ1) is 9.91. The average Bonchev–Trinajstić information content (AvgIpc) is 2.16. The topological polar surface area (TPSA) is 75.4 Å². The summed E-state index contributed by atoms with van der Waals surface area (Å²) in [6, 6.07) is -0.0928. The van der Waals surface area contributed by atoms with Gasteiger partial charge in [-0.3, -0.25) is 4.90 Å². The first-order valence-electron chi connectivity index (χ1n) is 3.83. The largest absolute Gasteiger partial charge is 0.325 e. The van der Waals surface area contributed by atoms with Crippen molar-refractivity contribution in [1.82, 2.24) is 9.62 Å². The van der Waals surface area contributed by atoms with Crippen molar-refractivity contribution in [2.45, 2.75) is 18.6 Å². The molecule has 0 spiro atoms. The highest BCUT2D eigenvalue weighted by Gasteiger charge is 2.30. The van der Waals surface area contributed by atoms with Gasteiger partial charge in [-0.2, -0.15) is 4.72 Å². The van der Waals surface area contributed by atoms with Crippen LogP contribution in [-0.4, -0.2) is 45.4 Å². The quantitative estimate of drug-likeness (QED) is 0.561. The number of hydrogen-bond donors (Lipinski definition) is 2. The van der Waals surface area contributed by atoms with Crippen LogP contribution in [0.2, 0.25) is 0 Å². The molecule has 1 rings (SSSR count). The van der Waals surface area contributed by atoms with E-state index in [2.05, 4.69) is 4.72 Å². The summed E-state index contributed by atoms with van der Waals surface area (Å²) in [5, 5.41) is 0. The normalized spacial score (nSPS) is 32.6. The minimum absolute atomic E-state index is 0.0928. The van der Waals surface area contributed by atoms with Crippen molar-refractivity contribution in [1.29, 1.82) is 0 Å². The van der Waals surface area contributed by atoms with Crippen molar-refractivity contribution >= 4 is 10.0 Å². The van der Waals surface area contributed by atoms with Gasteiger partial charge in [0.1, 0.15) is 0 Å². The molecule has 2 unspecified atom stereocenters. The molecule has 1 aliphatic heterocycles. The Morgan fingerprint density at radius 1 is 1.58 bits per heavy atom. The summed E-state index contributed by atoms with van der Waals surface area (Å²) in [6.45, 7) is 0.842. The number of nitrogens with two attached hydrogens (primary N) is 1. The maximum Gasteiger partial charge on any atom is 0.210 e. The fourth-order valence-electron chi connectivity index (χ4n) is 1.37. The number of sulfonamides is 1. The van der Waals surface area contributed by atoms with Crippen molar-refractivity contribution in [3.8, 4) is 0 Å². The number of likely N-dealkylation sites (tertiary alicyclic amines) is 1. The minimum Gasteiger partial charge on any atom is -0.325 e. The van der Waals surface area contributed by atoms with Crippen molar-refractivity contribution in [2.75, 3.05) is 19.8 Å². The zero-order valence-electron chi connectivity index (χ0n) is 7.32. The molecule has 0 aromatic carbocycles. The van der Waals surface area contributed by atoms with E-state index in [1.54, 1.807) is 0 Å². The Labute approximate surface area is 73.0 Å². The van der Waals surface area contributed by atoms with E-state index in [1.165, 1.54) is 0 Å². The van der Waals surface area contributed by atoms with E-state index in [4.69, 9.17) is 5.73 Å². The summed E-state index contributed by atoms with van der Waals surface area (Å²) in [7, 11) is -1.29. The van der Waals surface area contributed by atoms with Crippen LogP contribution in [0.3, 0.4) is 0 Å².